The first-order valence-corrected chi connectivity index (χ1v) is 9.29. The number of amides is 2. The van der Waals surface area contributed by atoms with Crippen LogP contribution in [0.25, 0.3) is 0 Å². The number of urea groups is 1. The summed E-state index contributed by atoms with van der Waals surface area (Å²) in [5.74, 6) is 0.206. The third kappa shape index (κ3) is 4.75. The van der Waals surface area contributed by atoms with Gasteiger partial charge in [0.05, 0.1) is 6.10 Å². The summed E-state index contributed by atoms with van der Waals surface area (Å²) >= 11 is 0. The second-order valence-corrected chi connectivity index (χ2v) is 7.19. The van der Waals surface area contributed by atoms with E-state index in [1.807, 2.05) is 0 Å². The number of nitrogens with zero attached hydrogens (tertiary/aromatic N) is 2. The van der Waals surface area contributed by atoms with E-state index in [0.29, 0.717) is 13.1 Å². The molecule has 2 aliphatic rings. The predicted octanol–water partition coefficient (Wildman–Crippen LogP) is 2.76. The lowest BCUT2D eigenvalue weighted by Crippen LogP contribution is -2.42. The fraction of sp³-hybridized carbons (Fsp3) is 0.550. The first-order chi connectivity index (χ1) is 12.1. The highest BCUT2D eigenvalue weighted by molar-refractivity contribution is 5.73. The van der Waals surface area contributed by atoms with Crippen molar-refractivity contribution in [3.8, 4) is 0 Å². The van der Waals surface area contributed by atoms with Crippen molar-refractivity contribution in [1.29, 1.82) is 0 Å². The van der Waals surface area contributed by atoms with Crippen LogP contribution in [0.3, 0.4) is 0 Å². The standard InChI is InChI=1S/C20H29N3O2/c1-22(15-17-6-2-3-7-19(17)24)20(25)21-14-16-8-10-18(11-9-16)23-12-4-5-13-23/h4-5,8-11,17,19,24H,2-3,6-7,12-15H2,1H3,(H,21,25). The fourth-order valence-electron chi connectivity index (χ4n) is 3.66. The molecule has 1 heterocycles. The van der Waals surface area contributed by atoms with Gasteiger partial charge in [-0.05, 0) is 30.5 Å². The normalized spacial score (nSPS) is 22.9. The van der Waals surface area contributed by atoms with Crippen molar-refractivity contribution in [3.63, 3.8) is 0 Å². The summed E-state index contributed by atoms with van der Waals surface area (Å²) in [4.78, 5) is 16.3. The molecular weight excluding hydrogens is 314 g/mol. The molecule has 1 aliphatic heterocycles. The average molecular weight is 343 g/mol. The highest BCUT2D eigenvalue weighted by atomic mass is 16.3. The van der Waals surface area contributed by atoms with Crippen molar-refractivity contribution < 1.29 is 9.90 Å². The number of anilines is 1. The van der Waals surface area contributed by atoms with E-state index in [1.165, 1.54) is 5.69 Å². The van der Waals surface area contributed by atoms with Gasteiger partial charge in [0.2, 0.25) is 0 Å². The molecule has 2 N–H and O–H groups in total. The maximum atomic E-state index is 12.3. The molecule has 1 fully saturated rings. The predicted molar refractivity (Wildman–Crippen MR) is 101 cm³/mol. The maximum absolute atomic E-state index is 12.3. The van der Waals surface area contributed by atoms with Crippen molar-refractivity contribution in [2.75, 3.05) is 31.6 Å². The van der Waals surface area contributed by atoms with Crippen LogP contribution in [0.1, 0.15) is 31.2 Å². The third-order valence-corrected chi connectivity index (χ3v) is 5.29. The minimum Gasteiger partial charge on any atom is -0.393 e. The minimum atomic E-state index is -0.267. The van der Waals surface area contributed by atoms with Crippen LogP contribution in [-0.2, 0) is 6.54 Å². The molecule has 1 saturated carbocycles. The molecule has 5 nitrogen and oxygen atoms in total. The number of hydrogen-bond acceptors (Lipinski definition) is 3. The highest BCUT2D eigenvalue weighted by Crippen LogP contribution is 2.25. The van der Waals surface area contributed by atoms with E-state index in [1.54, 1.807) is 11.9 Å². The van der Waals surface area contributed by atoms with Gasteiger partial charge in [-0.25, -0.2) is 4.79 Å². The summed E-state index contributed by atoms with van der Waals surface area (Å²) in [5, 5.41) is 13.0. The Hall–Kier alpha value is -2.01. The molecule has 1 aromatic rings. The van der Waals surface area contributed by atoms with Crippen LogP contribution in [0.2, 0.25) is 0 Å². The first kappa shape index (κ1) is 17.8. The van der Waals surface area contributed by atoms with E-state index in [9.17, 15) is 9.90 Å². The Balaban J connectivity index is 1.44. The van der Waals surface area contributed by atoms with Gasteiger partial charge >= 0.3 is 6.03 Å². The first-order valence-electron chi connectivity index (χ1n) is 9.29. The number of benzene rings is 1. The van der Waals surface area contributed by atoms with Gasteiger partial charge in [0.1, 0.15) is 0 Å². The molecule has 1 aromatic carbocycles. The number of carbonyl (C=O) groups excluding carboxylic acids is 1. The number of aliphatic hydroxyl groups is 1. The largest absolute Gasteiger partial charge is 0.393 e. The van der Waals surface area contributed by atoms with Crippen molar-refractivity contribution in [1.82, 2.24) is 10.2 Å². The van der Waals surface area contributed by atoms with Crippen molar-refractivity contribution in [3.05, 3.63) is 42.0 Å². The molecule has 1 aliphatic carbocycles. The number of aliphatic hydroxyl groups excluding tert-OH is 1. The lowest BCUT2D eigenvalue weighted by molar-refractivity contribution is 0.0565. The van der Waals surface area contributed by atoms with E-state index in [2.05, 4.69) is 46.6 Å². The minimum absolute atomic E-state index is 0.0782. The number of hydrogen-bond donors (Lipinski definition) is 2. The van der Waals surface area contributed by atoms with Crippen LogP contribution in [0.4, 0.5) is 10.5 Å². The average Bonchev–Trinajstić information content (AvgIpc) is 3.16. The molecule has 2 amide bonds. The Morgan fingerprint density at radius 3 is 2.56 bits per heavy atom. The summed E-state index contributed by atoms with van der Waals surface area (Å²) in [6.07, 6.45) is 8.19. The molecular formula is C20H29N3O2. The topological polar surface area (TPSA) is 55.8 Å². The molecule has 0 bridgehead atoms. The summed E-state index contributed by atoms with van der Waals surface area (Å²) in [6, 6.07) is 8.27. The number of carbonyl (C=O) groups is 1. The molecule has 0 radical (unpaired) electrons. The summed E-state index contributed by atoms with van der Waals surface area (Å²) in [6.45, 7) is 3.07. The second-order valence-electron chi connectivity index (χ2n) is 7.19. The van der Waals surface area contributed by atoms with Crippen LogP contribution in [0.15, 0.2) is 36.4 Å². The van der Waals surface area contributed by atoms with Gasteiger partial charge in [-0.2, -0.15) is 0 Å². The Morgan fingerprint density at radius 1 is 1.20 bits per heavy atom. The van der Waals surface area contributed by atoms with Gasteiger partial charge in [0.25, 0.3) is 0 Å². The molecule has 0 aromatic heterocycles. The quantitative estimate of drug-likeness (QED) is 0.808. The zero-order valence-electron chi connectivity index (χ0n) is 15.0. The molecule has 25 heavy (non-hydrogen) atoms. The van der Waals surface area contributed by atoms with E-state index in [-0.39, 0.29) is 18.1 Å². The summed E-state index contributed by atoms with van der Waals surface area (Å²) < 4.78 is 0. The molecule has 3 rings (SSSR count). The van der Waals surface area contributed by atoms with Gasteiger partial charge in [-0.1, -0.05) is 37.1 Å². The monoisotopic (exact) mass is 343 g/mol. The van der Waals surface area contributed by atoms with Gasteiger partial charge in [-0.15, -0.1) is 0 Å². The Morgan fingerprint density at radius 2 is 1.88 bits per heavy atom. The van der Waals surface area contributed by atoms with Crippen molar-refractivity contribution in [2.45, 2.75) is 38.3 Å². The van der Waals surface area contributed by atoms with Gasteiger partial charge in [0.15, 0.2) is 0 Å². The summed E-state index contributed by atoms with van der Waals surface area (Å²) in [7, 11) is 1.81. The highest BCUT2D eigenvalue weighted by Gasteiger charge is 2.25. The zero-order chi connectivity index (χ0) is 17.6. The van der Waals surface area contributed by atoms with E-state index >= 15 is 0 Å². The molecule has 2 unspecified atom stereocenters. The smallest absolute Gasteiger partial charge is 0.317 e. The summed E-state index contributed by atoms with van der Waals surface area (Å²) in [5.41, 5.74) is 2.30. The third-order valence-electron chi connectivity index (χ3n) is 5.29. The Labute approximate surface area is 150 Å². The van der Waals surface area contributed by atoms with E-state index < -0.39 is 0 Å². The van der Waals surface area contributed by atoms with Gasteiger partial charge in [0, 0.05) is 44.8 Å². The molecule has 2 atom stereocenters. The SMILES string of the molecule is CN(CC1CCCCC1O)C(=O)NCc1ccc(N2CC=CC2)cc1. The number of nitrogens with one attached hydrogen (secondary N) is 1. The fourth-order valence-corrected chi connectivity index (χ4v) is 3.66. The molecule has 0 saturated heterocycles. The van der Waals surface area contributed by atoms with E-state index in [4.69, 9.17) is 0 Å². The molecule has 5 heteroatoms. The second kappa shape index (κ2) is 8.39. The van der Waals surface area contributed by atoms with Crippen LogP contribution < -0.4 is 10.2 Å². The van der Waals surface area contributed by atoms with Crippen LogP contribution in [0, 0.1) is 5.92 Å². The van der Waals surface area contributed by atoms with Crippen LogP contribution in [0.5, 0.6) is 0 Å². The van der Waals surface area contributed by atoms with Gasteiger partial charge in [-0.3, -0.25) is 0 Å². The maximum Gasteiger partial charge on any atom is 0.317 e. The van der Waals surface area contributed by atoms with Crippen LogP contribution in [-0.4, -0.2) is 48.8 Å². The molecule has 0 spiro atoms. The van der Waals surface area contributed by atoms with Crippen LogP contribution >= 0.6 is 0 Å². The Bertz CT molecular complexity index is 591. The number of rotatable bonds is 5. The van der Waals surface area contributed by atoms with Crippen molar-refractivity contribution in [2.24, 2.45) is 5.92 Å². The van der Waals surface area contributed by atoms with Gasteiger partial charge < -0.3 is 20.2 Å². The Kier molecular flexibility index (Phi) is 5.97. The van der Waals surface area contributed by atoms with E-state index in [0.717, 1.165) is 44.3 Å². The lowest BCUT2D eigenvalue weighted by Gasteiger charge is -2.31. The lowest BCUT2D eigenvalue weighted by atomic mass is 9.86. The zero-order valence-corrected chi connectivity index (χ0v) is 15.0. The molecule has 136 valence electrons. The van der Waals surface area contributed by atoms with Crippen molar-refractivity contribution >= 4 is 11.7 Å².